The van der Waals surface area contributed by atoms with Crippen molar-refractivity contribution in [2.75, 3.05) is 6.61 Å². The number of rotatable bonds is 7. The molecule has 2 rings (SSSR count). The molecule has 1 heterocycles. The zero-order chi connectivity index (χ0) is 15.2. The molecule has 3 unspecified atom stereocenters. The number of unbranched alkanes of at least 4 members (excludes halogenated alkanes) is 2. The summed E-state index contributed by atoms with van der Waals surface area (Å²) in [5.74, 6) is -0.424. The number of hydrogen-bond acceptors (Lipinski definition) is 4. The molecule has 0 bridgehead atoms. The van der Waals surface area contributed by atoms with Crippen LogP contribution in [0.5, 0.6) is 5.75 Å². The lowest BCUT2D eigenvalue weighted by Gasteiger charge is -2.17. The van der Waals surface area contributed by atoms with Gasteiger partial charge in [-0.15, -0.1) is 0 Å². The fourth-order valence-corrected chi connectivity index (χ4v) is 2.65. The first-order valence-electron chi connectivity index (χ1n) is 7.60. The van der Waals surface area contributed by atoms with Gasteiger partial charge in [0.15, 0.2) is 0 Å². The van der Waals surface area contributed by atoms with Crippen LogP contribution in [-0.2, 0) is 4.79 Å². The van der Waals surface area contributed by atoms with E-state index in [0.717, 1.165) is 24.3 Å². The summed E-state index contributed by atoms with van der Waals surface area (Å²) in [5, 5.41) is 9.33. The lowest BCUT2D eigenvalue weighted by molar-refractivity contribution is -0.142. The minimum atomic E-state index is -0.787. The molecule has 3 atom stereocenters. The van der Waals surface area contributed by atoms with Crippen molar-refractivity contribution in [1.29, 1.82) is 0 Å². The molecule has 21 heavy (non-hydrogen) atoms. The molecule has 0 saturated carbocycles. The van der Waals surface area contributed by atoms with Gasteiger partial charge in [0.2, 0.25) is 0 Å². The summed E-state index contributed by atoms with van der Waals surface area (Å²) in [5.41, 5.74) is 7.02. The summed E-state index contributed by atoms with van der Waals surface area (Å²) in [7, 11) is 0. The van der Waals surface area contributed by atoms with Crippen LogP contribution in [0.25, 0.3) is 0 Å². The molecular weight excluding hydrogens is 268 g/mol. The topological polar surface area (TPSA) is 70.6 Å². The van der Waals surface area contributed by atoms with Gasteiger partial charge in [0.25, 0.3) is 0 Å². The summed E-state index contributed by atoms with van der Waals surface area (Å²) in [6.45, 7) is 4.76. The van der Waals surface area contributed by atoms with Crippen molar-refractivity contribution in [2.24, 2.45) is 5.92 Å². The normalized spacial score (nSPS) is 25.0. The van der Waals surface area contributed by atoms with E-state index in [-0.39, 0.29) is 12.1 Å². The molecule has 5 nitrogen and oxygen atoms in total. The lowest BCUT2D eigenvalue weighted by atomic mass is 9.90. The largest absolute Gasteiger partial charge is 0.494 e. The zero-order valence-corrected chi connectivity index (χ0v) is 12.6. The first-order valence-corrected chi connectivity index (χ1v) is 7.60. The van der Waals surface area contributed by atoms with Gasteiger partial charge in [0.1, 0.15) is 5.75 Å². The van der Waals surface area contributed by atoms with Gasteiger partial charge in [0, 0.05) is 6.04 Å². The quantitative estimate of drug-likeness (QED) is 0.674. The van der Waals surface area contributed by atoms with Crippen LogP contribution in [0, 0.1) is 5.92 Å². The number of hydrogen-bond donors (Lipinski definition) is 3. The number of nitrogens with one attached hydrogen (secondary N) is 2. The molecule has 0 aromatic heterocycles. The van der Waals surface area contributed by atoms with Crippen LogP contribution in [0.15, 0.2) is 24.3 Å². The predicted molar refractivity (Wildman–Crippen MR) is 81.1 cm³/mol. The molecule has 3 N–H and O–H groups in total. The van der Waals surface area contributed by atoms with Crippen molar-refractivity contribution in [3.8, 4) is 5.75 Å². The van der Waals surface area contributed by atoms with E-state index in [2.05, 4.69) is 17.8 Å². The summed E-state index contributed by atoms with van der Waals surface area (Å²) in [4.78, 5) is 11.4. The van der Waals surface area contributed by atoms with E-state index in [9.17, 15) is 9.90 Å². The van der Waals surface area contributed by atoms with Crippen LogP contribution in [-0.4, -0.2) is 23.7 Å². The third-order valence-corrected chi connectivity index (χ3v) is 3.91. The zero-order valence-electron chi connectivity index (χ0n) is 12.6. The van der Waals surface area contributed by atoms with Gasteiger partial charge in [-0.3, -0.25) is 10.2 Å². The van der Waals surface area contributed by atoms with Gasteiger partial charge in [-0.25, -0.2) is 5.43 Å². The molecule has 5 heteroatoms. The highest BCUT2D eigenvalue weighted by molar-refractivity contribution is 5.72. The van der Waals surface area contributed by atoms with Crippen LogP contribution in [0.1, 0.15) is 44.7 Å². The van der Waals surface area contributed by atoms with Crippen LogP contribution in [0.2, 0.25) is 0 Å². The molecule has 0 aliphatic carbocycles. The Bertz CT molecular complexity index is 461. The number of aliphatic carboxylic acids is 1. The molecule has 1 aliphatic heterocycles. The molecular formula is C16H24N2O3. The third kappa shape index (κ3) is 3.95. The van der Waals surface area contributed by atoms with Crippen molar-refractivity contribution in [1.82, 2.24) is 10.9 Å². The molecule has 0 amide bonds. The average Bonchev–Trinajstić information content (AvgIpc) is 2.86. The second kappa shape index (κ2) is 7.43. The second-order valence-corrected chi connectivity index (χ2v) is 5.54. The SMILES string of the molecule is CCCCCOc1ccc(C2NNC(C)C2C(=O)O)cc1. The standard InChI is InChI=1S/C16H24N2O3/c1-3-4-5-10-21-13-8-6-12(7-9-13)15-14(16(19)20)11(2)17-18-15/h6-9,11,14-15,17-18H,3-5,10H2,1-2H3,(H,19,20). The Morgan fingerprint density at radius 1 is 1.24 bits per heavy atom. The highest BCUT2D eigenvalue weighted by Crippen LogP contribution is 2.29. The number of hydrazine groups is 1. The summed E-state index contributed by atoms with van der Waals surface area (Å²) in [6.07, 6.45) is 3.41. The fraction of sp³-hybridized carbons (Fsp3) is 0.562. The fourth-order valence-electron chi connectivity index (χ4n) is 2.65. The van der Waals surface area contributed by atoms with Crippen molar-refractivity contribution in [3.05, 3.63) is 29.8 Å². The first kappa shape index (κ1) is 15.8. The number of benzene rings is 1. The molecule has 1 aromatic rings. The van der Waals surface area contributed by atoms with Gasteiger partial charge in [-0.2, -0.15) is 0 Å². The molecule has 0 radical (unpaired) electrons. The monoisotopic (exact) mass is 292 g/mol. The maximum atomic E-state index is 11.4. The highest BCUT2D eigenvalue weighted by atomic mass is 16.5. The number of ether oxygens (including phenoxy) is 1. The summed E-state index contributed by atoms with van der Waals surface area (Å²) < 4.78 is 5.67. The van der Waals surface area contributed by atoms with Crippen LogP contribution in [0.3, 0.4) is 0 Å². The minimum Gasteiger partial charge on any atom is -0.494 e. The summed E-state index contributed by atoms with van der Waals surface area (Å²) >= 11 is 0. The Labute approximate surface area is 125 Å². The molecule has 0 spiro atoms. The van der Waals surface area contributed by atoms with E-state index in [1.54, 1.807) is 0 Å². The number of carboxylic acid groups (broad SMARTS) is 1. The van der Waals surface area contributed by atoms with Crippen LogP contribution < -0.4 is 15.6 Å². The van der Waals surface area contributed by atoms with E-state index in [0.29, 0.717) is 0 Å². The van der Waals surface area contributed by atoms with Gasteiger partial charge >= 0.3 is 5.97 Å². The second-order valence-electron chi connectivity index (χ2n) is 5.54. The van der Waals surface area contributed by atoms with Crippen molar-refractivity contribution < 1.29 is 14.6 Å². The van der Waals surface area contributed by atoms with Gasteiger partial charge in [-0.1, -0.05) is 31.9 Å². The Morgan fingerprint density at radius 3 is 2.57 bits per heavy atom. The average molecular weight is 292 g/mol. The molecule has 1 fully saturated rings. The van der Waals surface area contributed by atoms with Crippen LogP contribution in [0.4, 0.5) is 0 Å². The predicted octanol–water partition coefficient (Wildman–Crippen LogP) is 2.49. The van der Waals surface area contributed by atoms with E-state index >= 15 is 0 Å². The summed E-state index contributed by atoms with van der Waals surface area (Å²) in [6, 6.07) is 7.37. The van der Waals surface area contributed by atoms with Gasteiger partial charge < -0.3 is 9.84 Å². The Kier molecular flexibility index (Phi) is 5.59. The lowest BCUT2D eigenvalue weighted by Crippen LogP contribution is -2.30. The Hall–Kier alpha value is -1.59. The van der Waals surface area contributed by atoms with E-state index in [1.165, 1.54) is 12.8 Å². The van der Waals surface area contributed by atoms with E-state index in [4.69, 9.17) is 4.74 Å². The Balaban J connectivity index is 1.97. The molecule has 116 valence electrons. The highest BCUT2D eigenvalue weighted by Gasteiger charge is 2.39. The van der Waals surface area contributed by atoms with E-state index < -0.39 is 11.9 Å². The van der Waals surface area contributed by atoms with E-state index in [1.807, 2.05) is 31.2 Å². The van der Waals surface area contributed by atoms with Crippen molar-refractivity contribution in [2.45, 2.75) is 45.2 Å². The maximum absolute atomic E-state index is 11.4. The molecule has 1 saturated heterocycles. The van der Waals surface area contributed by atoms with Gasteiger partial charge in [-0.05, 0) is 31.0 Å². The number of carboxylic acids is 1. The minimum absolute atomic E-state index is 0.0996. The number of carbonyl (C=O) groups is 1. The Morgan fingerprint density at radius 2 is 1.95 bits per heavy atom. The molecule has 1 aliphatic rings. The maximum Gasteiger partial charge on any atom is 0.310 e. The first-order chi connectivity index (χ1) is 10.1. The third-order valence-electron chi connectivity index (χ3n) is 3.91. The molecule has 1 aromatic carbocycles. The van der Waals surface area contributed by atoms with Crippen molar-refractivity contribution in [3.63, 3.8) is 0 Å². The van der Waals surface area contributed by atoms with Crippen LogP contribution >= 0.6 is 0 Å². The van der Waals surface area contributed by atoms with Crippen molar-refractivity contribution >= 4 is 5.97 Å². The van der Waals surface area contributed by atoms with Gasteiger partial charge in [0.05, 0.1) is 18.6 Å². The smallest absolute Gasteiger partial charge is 0.310 e.